The molecule has 0 fully saturated rings. The van der Waals surface area contributed by atoms with Crippen LogP contribution in [0.4, 0.5) is 0 Å². The van der Waals surface area contributed by atoms with Gasteiger partial charge in [0.15, 0.2) is 0 Å². The van der Waals surface area contributed by atoms with Crippen molar-refractivity contribution in [3.8, 4) is 0 Å². The summed E-state index contributed by atoms with van der Waals surface area (Å²) in [5.41, 5.74) is 10.7. The van der Waals surface area contributed by atoms with Gasteiger partial charge in [0.1, 0.15) is 0 Å². The molecule has 4 heteroatoms. The van der Waals surface area contributed by atoms with Crippen LogP contribution < -0.4 is 0 Å². The fourth-order valence-electron chi connectivity index (χ4n) is 5.28. The van der Waals surface area contributed by atoms with E-state index >= 15 is 0 Å². The molecular weight excluding hydrogens is 590 g/mol. The predicted octanol–water partition coefficient (Wildman–Crippen LogP) is 6.81. The minimum atomic E-state index is -2.92. The first kappa shape index (κ1) is 22.4. The maximum atomic E-state index is 6.87. The van der Waals surface area contributed by atoms with E-state index in [2.05, 4.69) is 82.3 Å². The molecule has 0 nitrogen and oxygen atoms in total. The van der Waals surface area contributed by atoms with Gasteiger partial charge in [0.05, 0.1) is 0 Å². The number of fused-ring (bicyclic) bond motifs is 1. The Morgan fingerprint density at radius 1 is 1.07 bits per heavy atom. The second kappa shape index (κ2) is 8.62. The third-order valence-electron chi connectivity index (χ3n) is 6.93. The topological polar surface area (TPSA) is 0 Å². The first-order chi connectivity index (χ1) is 14.3. The number of benzene rings is 1. The molecule has 3 aliphatic carbocycles. The van der Waals surface area contributed by atoms with Crippen molar-refractivity contribution < 1.29 is 19.1 Å². The van der Waals surface area contributed by atoms with Crippen LogP contribution in [0.3, 0.4) is 0 Å². The van der Waals surface area contributed by atoms with E-state index in [1.165, 1.54) is 53.1 Å². The molecule has 1 atom stereocenters. The number of halogens is 2. The van der Waals surface area contributed by atoms with Crippen LogP contribution in [0.1, 0.15) is 46.1 Å². The van der Waals surface area contributed by atoms with Gasteiger partial charge in [0.25, 0.3) is 0 Å². The molecule has 0 heterocycles. The molecular formula is C26H27Cl2HfSi. The molecule has 0 radical (unpaired) electrons. The van der Waals surface area contributed by atoms with Crippen LogP contribution in [0.2, 0.25) is 0 Å². The van der Waals surface area contributed by atoms with Gasteiger partial charge in [0.2, 0.25) is 0 Å². The van der Waals surface area contributed by atoms with Crippen molar-refractivity contribution in [2.45, 2.75) is 46.0 Å². The monoisotopic (exact) mass is 617 g/mol. The first-order valence-corrected chi connectivity index (χ1v) is 21.9. The van der Waals surface area contributed by atoms with Gasteiger partial charge in [-0.1, -0.05) is 0 Å². The average Bonchev–Trinajstić information content (AvgIpc) is 3.17. The van der Waals surface area contributed by atoms with Gasteiger partial charge in [0, 0.05) is 0 Å². The van der Waals surface area contributed by atoms with E-state index in [0.717, 1.165) is 12.8 Å². The molecule has 153 valence electrons. The summed E-state index contributed by atoms with van der Waals surface area (Å²) in [5, 5.41) is 1.37. The Balaban J connectivity index is 2.12. The first-order valence-electron chi connectivity index (χ1n) is 10.5. The van der Waals surface area contributed by atoms with E-state index in [4.69, 9.17) is 17.2 Å². The second-order valence-corrected chi connectivity index (χ2v) is 20.5. The van der Waals surface area contributed by atoms with E-state index in [-0.39, 0.29) is 5.41 Å². The molecule has 0 aliphatic heterocycles. The van der Waals surface area contributed by atoms with E-state index in [1.54, 1.807) is 0 Å². The normalized spacial score (nSPS) is 23.7. The predicted molar refractivity (Wildman–Crippen MR) is 132 cm³/mol. The summed E-state index contributed by atoms with van der Waals surface area (Å²) in [6.07, 6.45) is 11.3. The molecule has 0 amide bonds. The van der Waals surface area contributed by atoms with Gasteiger partial charge in [-0.25, -0.2) is 0 Å². The summed E-state index contributed by atoms with van der Waals surface area (Å²) in [7, 11) is 15.8. The van der Waals surface area contributed by atoms with Crippen molar-refractivity contribution in [1.29, 1.82) is 0 Å². The molecule has 1 aromatic rings. The molecule has 30 heavy (non-hydrogen) atoms. The molecule has 0 bridgehead atoms. The second-order valence-electron chi connectivity index (χ2n) is 8.33. The number of hydrogen-bond acceptors (Lipinski definition) is 0. The molecule has 0 saturated carbocycles. The minimum absolute atomic E-state index is 0.315. The SMILES string of the molecule is CCC1=C(C)C=C(C2(c3ccccc3)C(=[SiH2])C=CC=C3C(C)=C(C)[C]([Hf]([Cl])[Cl])=C32)C1. The van der Waals surface area contributed by atoms with Crippen LogP contribution in [0.5, 0.6) is 0 Å². The van der Waals surface area contributed by atoms with Crippen molar-refractivity contribution in [2.24, 2.45) is 0 Å². The summed E-state index contributed by atoms with van der Waals surface area (Å²) in [4.78, 5) is 0. The molecule has 0 saturated heterocycles. The van der Waals surface area contributed by atoms with Gasteiger partial charge >= 0.3 is 200 Å². The summed E-state index contributed by atoms with van der Waals surface area (Å²) in [6.45, 7) is 8.97. The Labute approximate surface area is 198 Å². The van der Waals surface area contributed by atoms with Crippen LogP contribution in [-0.2, 0) is 24.5 Å². The average molecular weight is 617 g/mol. The molecule has 0 N–H and O–H groups in total. The number of rotatable bonds is 4. The summed E-state index contributed by atoms with van der Waals surface area (Å²) in [5.74, 6) is 0. The quantitative estimate of drug-likeness (QED) is 0.326. The number of allylic oxidation sites excluding steroid dienone is 12. The molecule has 1 aromatic carbocycles. The van der Waals surface area contributed by atoms with Gasteiger partial charge in [-0.2, -0.15) is 0 Å². The van der Waals surface area contributed by atoms with Crippen molar-refractivity contribution in [3.63, 3.8) is 0 Å². The fraction of sp³-hybridized carbons (Fsp3) is 0.269. The van der Waals surface area contributed by atoms with E-state index < -0.39 is 19.1 Å². The van der Waals surface area contributed by atoms with Crippen LogP contribution in [-0.4, -0.2) is 15.0 Å². The van der Waals surface area contributed by atoms with Crippen molar-refractivity contribution in [2.75, 3.05) is 0 Å². The zero-order valence-electron chi connectivity index (χ0n) is 18.1. The van der Waals surface area contributed by atoms with Gasteiger partial charge in [-0.05, 0) is 0 Å². The molecule has 4 rings (SSSR count). The van der Waals surface area contributed by atoms with E-state index in [0.29, 0.717) is 0 Å². The van der Waals surface area contributed by atoms with Crippen LogP contribution >= 0.6 is 17.2 Å². The third-order valence-corrected chi connectivity index (χ3v) is 14.4. The summed E-state index contributed by atoms with van der Waals surface area (Å²) < 4.78 is 1.28. The third kappa shape index (κ3) is 3.30. The van der Waals surface area contributed by atoms with Gasteiger partial charge in [-0.3, -0.25) is 0 Å². The zero-order chi connectivity index (χ0) is 21.6. The summed E-state index contributed by atoms with van der Waals surface area (Å²) >= 11 is -2.92. The molecule has 0 aromatic heterocycles. The van der Waals surface area contributed by atoms with Crippen LogP contribution in [0.15, 0.2) is 97.0 Å². The van der Waals surface area contributed by atoms with Crippen molar-refractivity contribution in [1.82, 2.24) is 0 Å². The Kier molecular flexibility index (Phi) is 6.43. The van der Waals surface area contributed by atoms with Gasteiger partial charge < -0.3 is 0 Å². The van der Waals surface area contributed by atoms with Crippen LogP contribution in [0.25, 0.3) is 0 Å². The van der Waals surface area contributed by atoms with Crippen molar-refractivity contribution in [3.05, 3.63) is 103 Å². The Bertz CT molecular complexity index is 1110. The Morgan fingerprint density at radius 2 is 1.77 bits per heavy atom. The molecule has 3 aliphatic rings. The molecule has 1 unspecified atom stereocenters. The van der Waals surface area contributed by atoms with E-state index in [1.807, 2.05) is 9.85 Å². The standard InChI is InChI=1S/C26H27Si.2ClH.Hf/c1-5-20-16-22(14-18(20)3)26(21-10-7-6-8-11-21)24-15-17(2)19(4)23(24)12-9-13-25(26)27;;;/h6-14H,5,16,27H2,1-4H3;2*1H;/q;;;+2/p-2. The van der Waals surface area contributed by atoms with Crippen molar-refractivity contribution >= 4 is 32.2 Å². The number of hydrogen-bond donors (Lipinski definition) is 0. The maximum absolute atomic E-state index is 6.87. The summed E-state index contributed by atoms with van der Waals surface area (Å²) in [6, 6.07) is 11.0. The Morgan fingerprint density at radius 3 is 2.37 bits per heavy atom. The fourth-order valence-corrected chi connectivity index (χ4v) is 13.4. The molecule has 0 spiro atoms. The van der Waals surface area contributed by atoms with E-state index in [9.17, 15) is 0 Å². The van der Waals surface area contributed by atoms with Gasteiger partial charge in [-0.15, -0.1) is 0 Å². The Hall–Kier alpha value is -0.803. The van der Waals surface area contributed by atoms with Crippen LogP contribution in [0, 0.1) is 0 Å². The zero-order valence-corrected chi connectivity index (χ0v) is 24.6.